The SMILES string of the molecule is CC1CCN(C)CC(CC#N)N1Cc1ccncc1. The van der Waals surface area contributed by atoms with Crippen LogP contribution in [0.25, 0.3) is 0 Å². The molecule has 102 valence electrons. The second-order valence-corrected chi connectivity index (χ2v) is 5.44. The lowest BCUT2D eigenvalue weighted by molar-refractivity contribution is 0.137. The third-order valence-electron chi connectivity index (χ3n) is 3.93. The van der Waals surface area contributed by atoms with E-state index in [9.17, 15) is 0 Å². The van der Waals surface area contributed by atoms with Gasteiger partial charge >= 0.3 is 0 Å². The minimum atomic E-state index is 0.320. The molecule has 0 radical (unpaired) electrons. The van der Waals surface area contributed by atoms with Gasteiger partial charge < -0.3 is 4.90 Å². The number of likely N-dealkylation sites (N-methyl/N-ethyl adjacent to an activating group) is 1. The Bertz CT molecular complexity index is 426. The summed E-state index contributed by atoms with van der Waals surface area (Å²) in [4.78, 5) is 8.88. The zero-order valence-corrected chi connectivity index (χ0v) is 11.8. The summed E-state index contributed by atoms with van der Waals surface area (Å²) in [5, 5.41) is 9.06. The van der Waals surface area contributed by atoms with E-state index in [0.717, 1.165) is 26.1 Å². The van der Waals surface area contributed by atoms with Crippen LogP contribution in [-0.2, 0) is 6.54 Å². The van der Waals surface area contributed by atoms with Gasteiger partial charge in [0.2, 0.25) is 0 Å². The van der Waals surface area contributed by atoms with Crippen LogP contribution in [-0.4, -0.2) is 47.0 Å². The molecular weight excluding hydrogens is 236 g/mol. The largest absolute Gasteiger partial charge is 0.305 e. The molecule has 2 heterocycles. The van der Waals surface area contributed by atoms with E-state index in [2.05, 4.69) is 47.0 Å². The maximum Gasteiger partial charge on any atom is 0.0638 e. The van der Waals surface area contributed by atoms with Gasteiger partial charge in [-0.2, -0.15) is 5.26 Å². The number of hydrogen-bond acceptors (Lipinski definition) is 4. The number of aromatic nitrogens is 1. The van der Waals surface area contributed by atoms with Gasteiger partial charge in [0, 0.05) is 37.6 Å². The lowest BCUT2D eigenvalue weighted by Crippen LogP contribution is -2.43. The van der Waals surface area contributed by atoms with Crippen molar-refractivity contribution in [1.82, 2.24) is 14.8 Å². The molecule has 0 aliphatic carbocycles. The van der Waals surface area contributed by atoms with Crippen molar-refractivity contribution in [2.75, 3.05) is 20.1 Å². The third-order valence-corrected chi connectivity index (χ3v) is 3.93. The number of rotatable bonds is 3. The predicted octanol–water partition coefficient (Wildman–Crippen LogP) is 1.89. The Morgan fingerprint density at radius 2 is 2.16 bits per heavy atom. The van der Waals surface area contributed by atoms with E-state index in [4.69, 9.17) is 5.26 Å². The molecular formula is C15H22N4. The number of pyridine rings is 1. The summed E-state index contributed by atoms with van der Waals surface area (Å²) in [7, 11) is 2.15. The van der Waals surface area contributed by atoms with Crippen LogP contribution in [0.1, 0.15) is 25.3 Å². The van der Waals surface area contributed by atoms with E-state index < -0.39 is 0 Å². The van der Waals surface area contributed by atoms with Crippen LogP contribution in [0.3, 0.4) is 0 Å². The highest BCUT2D eigenvalue weighted by atomic mass is 15.2. The summed E-state index contributed by atoms with van der Waals surface area (Å²) >= 11 is 0. The minimum absolute atomic E-state index is 0.320. The Hall–Kier alpha value is -1.44. The predicted molar refractivity (Wildman–Crippen MR) is 75.4 cm³/mol. The molecule has 4 heteroatoms. The van der Waals surface area contributed by atoms with Crippen LogP contribution in [0.15, 0.2) is 24.5 Å². The molecule has 0 aromatic carbocycles. The highest BCUT2D eigenvalue weighted by Crippen LogP contribution is 2.20. The van der Waals surface area contributed by atoms with Crippen molar-refractivity contribution in [1.29, 1.82) is 5.26 Å². The van der Waals surface area contributed by atoms with Crippen LogP contribution in [0.2, 0.25) is 0 Å². The van der Waals surface area contributed by atoms with Gasteiger partial charge in [0.25, 0.3) is 0 Å². The lowest BCUT2D eigenvalue weighted by Gasteiger charge is -2.33. The summed E-state index contributed by atoms with van der Waals surface area (Å²) in [6.07, 6.45) is 5.43. The molecule has 2 unspecified atom stereocenters. The molecule has 4 nitrogen and oxygen atoms in total. The molecule has 1 aliphatic heterocycles. The van der Waals surface area contributed by atoms with E-state index in [1.54, 1.807) is 0 Å². The molecule has 1 aromatic rings. The van der Waals surface area contributed by atoms with E-state index in [0.29, 0.717) is 18.5 Å². The van der Waals surface area contributed by atoms with E-state index in [-0.39, 0.29) is 0 Å². The highest BCUT2D eigenvalue weighted by Gasteiger charge is 2.27. The number of hydrogen-bond donors (Lipinski definition) is 0. The van der Waals surface area contributed by atoms with Crippen LogP contribution in [0.4, 0.5) is 0 Å². The standard InChI is InChI=1S/C15H22N4/c1-13-6-10-18(2)12-15(3-7-16)19(13)11-14-4-8-17-9-5-14/h4-5,8-9,13,15H,3,6,10-12H2,1-2H3. The van der Waals surface area contributed by atoms with Gasteiger partial charge in [0.05, 0.1) is 12.5 Å². The van der Waals surface area contributed by atoms with Crippen molar-refractivity contribution < 1.29 is 0 Å². The summed E-state index contributed by atoms with van der Waals surface area (Å²) in [5.41, 5.74) is 1.27. The molecule has 19 heavy (non-hydrogen) atoms. The maximum atomic E-state index is 9.06. The van der Waals surface area contributed by atoms with Gasteiger partial charge in [0.15, 0.2) is 0 Å². The van der Waals surface area contributed by atoms with Crippen molar-refractivity contribution in [3.63, 3.8) is 0 Å². The van der Waals surface area contributed by atoms with Gasteiger partial charge in [-0.05, 0) is 44.6 Å². The van der Waals surface area contributed by atoms with Gasteiger partial charge in [-0.3, -0.25) is 9.88 Å². The van der Waals surface area contributed by atoms with Crippen molar-refractivity contribution in [2.24, 2.45) is 0 Å². The van der Waals surface area contributed by atoms with Crippen LogP contribution in [0.5, 0.6) is 0 Å². The summed E-state index contributed by atoms with van der Waals surface area (Å²) < 4.78 is 0. The molecule has 1 saturated heterocycles. The van der Waals surface area contributed by atoms with Crippen molar-refractivity contribution in [3.05, 3.63) is 30.1 Å². The normalized spacial score (nSPS) is 25.7. The minimum Gasteiger partial charge on any atom is -0.305 e. The fourth-order valence-corrected chi connectivity index (χ4v) is 2.76. The van der Waals surface area contributed by atoms with Gasteiger partial charge in [-0.1, -0.05) is 0 Å². The Morgan fingerprint density at radius 1 is 1.42 bits per heavy atom. The van der Waals surface area contributed by atoms with E-state index in [1.165, 1.54) is 5.56 Å². The van der Waals surface area contributed by atoms with E-state index in [1.807, 2.05) is 12.4 Å². The molecule has 1 aliphatic rings. The molecule has 1 aromatic heterocycles. The fraction of sp³-hybridized carbons (Fsp3) is 0.600. The monoisotopic (exact) mass is 258 g/mol. The average Bonchev–Trinajstić information content (AvgIpc) is 2.54. The molecule has 2 atom stereocenters. The highest BCUT2D eigenvalue weighted by molar-refractivity contribution is 5.10. The first-order valence-electron chi connectivity index (χ1n) is 6.91. The zero-order chi connectivity index (χ0) is 13.7. The Labute approximate surface area is 115 Å². The second-order valence-electron chi connectivity index (χ2n) is 5.44. The van der Waals surface area contributed by atoms with Gasteiger partial charge in [-0.15, -0.1) is 0 Å². The first kappa shape index (κ1) is 14.0. The van der Waals surface area contributed by atoms with Crippen LogP contribution < -0.4 is 0 Å². The molecule has 2 rings (SSSR count). The lowest BCUT2D eigenvalue weighted by atomic mass is 10.1. The molecule has 0 spiro atoms. The molecule has 0 bridgehead atoms. The van der Waals surface area contributed by atoms with Crippen molar-refractivity contribution in [3.8, 4) is 6.07 Å². The number of nitriles is 1. The first-order chi connectivity index (χ1) is 9.20. The third kappa shape index (κ3) is 3.76. The van der Waals surface area contributed by atoms with Gasteiger partial charge in [-0.25, -0.2) is 0 Å². The first-order valence-corrected chi connectivity index (χ1v) is 6.91. The molecule has 1 fully saturated rings. The van der Waals surface area contributed by atoms with Crippen molar-refractivity contribution >= 4 is 0 Å². The number of nitrogens with zero attached hydrogens (tertiary/aromatic N) is 4. The topological polar surface area (TPSA) is 43.2 Å². The average molecular weight is 258 g/mol. The second kappa shape index (κ2) is 6.65. The van der Waals surface area contributed by atoms with Gasteiger partial charge in [0.1, 0.15) is 0 Å². The smallest absolute Gasteiger partial charge is 0.0638 e. The maximum absolute atomic E-state index is 9.06. The van der Waals surface area contributed by atoms with E-state index >= 15 is 0 Å². The summed E-state index contributed by atoms with van der Waals surface area (Å²) in [5.74, 6) is 0. The Morgan fingerprint density at radius 3 is 2.84 bits per heavy atom. The Balaban J connectivity index is 2.14. The molecule has 0 amide bonds. The Kier molecular flexibility index (Phi) is 4.89. The fourth-order valence-electron chi connectivity index (χ4n) is 2.76. The molecule has 0 saturated carbocycles. The molecule has 0 N–H and O–H groups in total. The zero-order valence-electron chi connectivity index (χ0n) is 11.8. The van der Waals surface area contributed by atoms with Crippen LogP contribution in [0, 0.1) is 11.3 Å². The quantitative estimate of drug-likeness (QED) is 0.830. The van der Waals surface area contributed by atoms with Crippen LogP contribution >= 0.6 is 0 Å². The van der Waals surface area contributed by atoms with Crippen molar-refractivity contribution in [2.45, 2.75) is 38.4 Å². The summed E-state index contributed by atoms with van der Waals surface area (Å²) in [6, 6.07) is 7.29. The summed E-state index contributed by atoms with van der Waals surface area (Å²) in [6.45, 7) is 5.26.